The maximum absolute atomic E-state index is 11.8. The van der Waals surface area contributed by atoms with Gasteiger partial charge in [0.05, 0.1) is 12.5 Å². The maximum Gasteiger partial charge on any atom is 0.193 e. The molecule has 1 aromatic carbocycles. The van der Waals surface area contributed by atoms with Crippen LogP contribution in [-0.4, -0.2) is 12.9 Å². The minimum absolute atomic E-state index is 0.0314. The van der Waals surface area contributed by atoms with E-state index >= 15 is 0 Å². The Labute approximate surface area is 97.4 Å². The molecule has 84 valence electrons. The Morgan fingerprint density at radius 1 is 1.38 bits per heavy atom. The second-order valence-electron chi connectivity index (χ2n) is 3.22. The summed E-state index contributed by atoms with van der Waals surface area (Å²) in [5.41, 5.74) is 0.570. The number of hydrogen-bond acceptors (Lipinski definition) is 4. The second-order valence-corrected chi connectivity index (χ2v) is 4.49. The zero-order chi connectivity index (χ0) is 11.5. The fraction of sp³-hybridized carbons (Fsp3) is 0.250. The normalized spacial score (nSPS) is 10.6. The summed E-state index contributed by atoms with van der Waals surface area (Å²) < 4.78 is 10.7. The summed E-state index contributed by atoms with van der Waals surface area (Å²) in [5, 5.41) is 1.21. The van der Waals surface area contributed by atoms with Gasteiger partial charge in [0.1, 0.15) is 11.3 Å². The smallest absolute Gasteiger partial charge is 0.193 e. The quantitative estimate of drug-likeness (QED) is 0.768. The number of methoxy groups -OCH3 is 1. The number of hydrogen-bond donors (Lipinski definition) is 0. The highest BCUT2D eigenvalue weighted by Gasteiger charge is 2.05. The van der Waals surface area contributed by atoms with Gasteiger partial charge in [0.25, 0.3) is 0 Å². The Kier molecular flexibility index (Phi) is 3.19. The molecule has 0 atom stereocenters. The summed E-state index contributed by atoms with van der Waals surface area (Å²) in [7, 11) is 1.57. The molecule has 0 fully saturated rings. The number of benzene rings is 1. The highest BCUT2D eigenvalue weighted by molar-refractivity contribution is 7.99. The molecule has 2 aromatic rings. The predicted octanol–water partition coefficient (Wildman–Crippen LogP) is 2.91. The van der Waals surface area contributed by atoms with Crippen LogP contribution < -0.4 is 10.2 Å². The van der Waals surface area contributed by atoms with E-state index in [2.05, 4.69) is 0 Å². The molecule has 1 heterocycles. The van der Waals surface area contributed by atoms with Crippen LogP contribution in [0.25, 0.3) is 11.0 Å². The Morgan fingerprint density at radius 3 is 2.88 bits per heavy atom. The average Bonchev–Trinajstić information content (AvgIpc) is 2.29. The van der Waals surface area contributed by atoms with E-state index in [0.29, 0.717) is 21.8 Å². The largest absolute Gasteiger partial charge is 0.497 e. The van der Waals surface area contributed by atoms with Crippen LogP contribution in [0.1, 0.15) is 6.92 Å². The molecule has 0 bridgehead atoms. The summed E-state index contributed by atoms with van der Waals surface area (Å²) in [6.07, 6.45) is 0. The van der Waals surface area contributed by atoms with Crippen LogP contribution in [0.4, 0.5) is 0 Å². The van der Waals surface area contributed by atoms with Crippen molar-refractivity contribution in [2.75, 3.05) is 12.9 Å². The van der Waals surface area contributed by atoms with E-state index in [1.165, 1.54) is 17.8 Å². The van der Waals surface area contributed by atoms with Crippen molar-refractivity contribution in [1.82, 2.24) is 0 Å². The number of ether oxygens (including phenoxy) is 1. The van der Waals surface area contributed by atoms with E-state index in [1.807, 2.05) is 6.92 Å². The topological polar surface area (TPSA) is 39.4 Å². The van der Waals surface area contributed by atoms with Gasteiger partial charge in [-0.1, -0.05) is 18.7 Å². The van der Waals surface area contributed by atoms with Crippen molar-refractivity contribution in [1.29, 1.82) is 0 Å². The minimum atomic E-state index is -0.0314. The van der Waals surface area contributed by atoms with E-state index < -0.39 is 0 Å². The van der Waals surface area contributed by atoms with Gasteiger partial charge in [-0.3, -0.25) is 4.79 Å². The van der Waals surface area contributed by atoms with Crippen LogP contribution in [-0.2, 0) is 0 Å². The molecule has 0 amide bonds. The van der Waals surface area contributed by atoms with Crippen molar-refractivity contribution < 1.29 is 9.15 Å². The van der Waals surface area contributed by atoms with Crippen LogP contribution in [0.2, 0.25) is 0 Å². The summed E-state index contributed by atoms with van der Waals surface area (Å²) in [6.45, 7) is 2.02. The zero-order valence-electron chi connectivity index (χ0n) is 9.15. The molecule has 0 N–H and O–H groups in total. The van der Waals surface area contributed by atoms with Crippen LogP contribution in [0, 0.1) is 0 Å². The van der Waals surface area contributed by atoms with E-state index in [-0.39, 0.29) is 5.43 Å². The number of rotatable bonds is 3. The van der Waals surface area contributed by atoms with E-state index in [1.54, 1.807) is 25.3 Å². The lowest BCUT2D eigenvalue weighted by Crippen LogP contribution is -2.00. The van der Waals surface area contributed by atoms with Gasteiger partial charge in [-0.2, -0.15) is 0 Å². The third-order valence-corrected chi connectivity index (χ3v) is 2.97. The monoisotopic (exact) mass is 236 g/mol. The first-order valence-corrected chi connectivity index (χ1v) is 5.98. The maximum atomic E-state index is 11.8. The summed E-state index contributed by atoms with van der Waals surface area (Å²) in [4.78, 5) is 11.8. The van der Waals surface area contributed by atoms with Gasteiger partial charge in [-0.05, 0) is 24.0 Å². The van der Waals surface area contributed by atoms with Crippen molar-refractivity contribution in [3.05, 3.63) is 34.5 Å². The van der Waals surface area contributed by atoms with Crippen LogP contribution >= 0.6 is 11.8 Å². The Hall–Kier alpha value is -1.42. The van der Waals surface area contributed by atoms with Gasteiger partial charge in [-0.15, -0.1) is 0 Å². The molecule has 0 radical (unpaired) electrons. The Morgan fingerprint density at radius 2 is 2.19 bits per heavy atom. The van der Waals surface area contributed by atoms with Crippen molar-refractivity contribution in [3.63, 3.8) is 0 Å². The molecule has 0 aliphatic rings. The predicted molar refractivity (Wildman–Crippen MR) is 65.4 cm³/mol. The molecule has 0 aliphatic carbocycles. The lowest BCUT2D eigenvalue weighted by molar-refractivity contribution is 0.414. The fourth-order valence-electron chi connectivity index (χ4n) is 1.45. The average molecular weight is 236 g/mol. The molecule has 2 rings (SSSR count). The highest BCUT2D eigenvalue weighted by Crippen LogP contribution is 2.23. The van der Waals surface area contributed by atoms with Crippen molar-refractivity contribution in [2.45, 2.75) is 12.0 Å². The number of thioether (sulfide) groups is 1. The molecule has 4 heteroatoms. The van der Waals surface area contributed by atoms with E-state index in [9.17, 15) is 4.79 Å². The van der Waals surface area contributed by atoms with Crippen LogP contribution in [0.3, 0.4) is 0 Å². The van der Waals surface area contributed by atoms with Crippen molar-refractivity contribution in [3.8, 4) is 5.75 Å². The molecular weight excluding hydrogens is 224 g/mol. The second kappa shape index (κ2) is 4.61. The van der Waals surface area contributed by atoms with Crippen LogP contribution in [0.15, 0.2) is 38.6 Å². The third-order valence-electron chi connectivity index (χ3n) is 2.20. The molecule has 0 saturated heterocycles. The van der Waals surface area contributed by atoms with Gasteiger partial charge in [0, 0.05) is 6.07 Å². The van der Waals surface area contributed by atoms with Gasteiger partial charge in [-0.25, -0.2) is 0 Å². The molecule has 0 spiro atoms. The highest BCUT2D eigenvalue weighted by atomic mass is 32.2. The van der Waals surface area contributed by atoms with Gasteiger partial charge in [0.15, 0.2) is 10.5 Å². The first-order valence-electron chi connectivity index (χ1n) is 4.99. The van der Waals surface area contributed by atoms with E-state index in [0.717, 1.165) is 5.75 Å². The number of fused-ring (bicyclic) bond motifs is 1. The summed E-state index contributed by atoms with van der Waals surface area (Å²) in [6, 6.07) is 6.76. The first-order chi connectivity index (χ1) is 7.74. The molecule has 0 unspecified atom stereocenters. The molecule has 1 aromatic heterocycles. The molecular formula is C12H12O3S. The Balaban J connectivity index is 2.62. The molecule has 0 aliphatic heterocycles. The van der Waals surface area contributed by atoms with Gasteiger partial charge < -0.3 is 9.15 Å². The van der Waals surface area contributed by atoms with E-state index in [4.69, 9.17) is 9.15 Å². The van der Waals surface area contributed by atoms with Gasteiger partial charge >= 0.3 is 0 Å². The summed E-state index contributed by atoms with van der Waals surface area (Å²) in [5.74, 6) is 1.54. The van der Waals surface area contributed by atoms with Crippen LogP contribution in [0.5, 0.6) is 5.75 Å². The fourth-order valence-corrected chi connectivity index (χ4v) is 2.08. The van der Waals surface area contributed by atoms with Crippen molar-refractivity contribution >= 4 is 22.7 Å². The summed E-state index contributed by atoms with van der Waals surface area (Å²) >= 11 is 1.52. The first kappa shape index (κ1) is 11.1. The SMILES string of the molecule is CCSc1cc(=O)c2cc(OC)ccc2o1. The molecule has 16 heavy (non-hydrogen) atoms. The zero-order valence-corrected chi connectivity index (χ0v) is 9.97. The van der Waals surface area contributed by atoms with Crippen molar-refractivity contribution in [2.24, 2.45) is 0 Å². The lowest BCUT2D eigenvalue weighted by Gasteiger charge is -2.03. The standard InChI is InChI=1S/C12H12O3S/c1-3-16-12-7-10(13)9-6-8(14-2)4-5-11(9)15-12/h4-7H,3H2,1-2H3. The third kappa shape index (κ3) is 2.07. The molecule has 3 nitrogen and oxygen atoms in total. The molecule has 0 saturated carbocycles. The van der Waals surface area contributed by atoms with Gasteiger partial charge in [0.2, 0.25) is 0 Å². The lowest BCUT2D eigenvalue weighted by atomic mass is 10.2. The minimum Gasteiger partial charge on any atom is -0.497 e. The Bertz CT molecular complexity index is 560.